The van der Waals surface area contributed by atoms with Crippen LogP contribution < -0.4 is 15.4 Å². The Hall–Kier alpha value is -2.51. The maximum atomic E-state index is 11.8. The van der Waals surface area contributed by atoms with Crippen molar-refractivity contribution in [1.29, 1.82) is 0 Å². The molecule has 0 atom stereocenters. The summed E-state index contributed by atoms with van der Waals surface area (Å²) >= 11 is 0. The summed E-state index contributed by atoms with van der Waals surface area (Å²) in [6.45, 7) is 9.74. The highest BCUT2D eigenvalue weighted by Gasteiger charge is 2.24. The number of aromatic nitrogens is 1. The number of likely N-dealkylation sites (tertiary alicyclic amines) is 1. The lowest BCUT2D eigenvalue weighted by Gasteiger charge is -2.32. The summed E-state index contributed by atoms with van der Waals surface area (Å²) in [4.78, 5) is 22.7. The van der Waals surface area contributed by atoms with E-state index in [9.17, 15) is 4.79 Å². The highest BCUT2D eigenvalue weighted by molar-refractivity contribution is 5.80. The normalized spacial score (nSPS) is 15.1. The van der Waals surface area contributed by atoms with Gasteiger partial charge >= 0.3 is 6.09 Å². The number of hydrogen-bond donors (Lipinski definition) is 2. The maximum absolute atomic E-state index is 11.8. The molecule has 0 bridgehead atoms. The van der Waals surface area contributed by atoms with Gasteiger partial charge in [0.1, 0.15) is 0 Å². The lowest BCUT2D eigenvalue weighted by Crippen LogP contribution is -2.49. The van der Waals surface area contributed by atoms with Gasteiger partial charge < -0.3 is 25.0 Å². The van der Waals surface area contributed by atoms with Gasteiger partial charge in [-0.1, -0.05) is 19.4 Å². The Morgan fingerprint density at radius 3 is 2.79 bits per heavy atom. The first-order valence-electron chi connectivity index (χ1n) is 10.7. The number of carbonyl (C=O) groups is 1. The van der Waals surface area contributed by atoms with Crippen molar-refractivity contribution in [2.24, 2.45) is 4.99 Å². The number of hydrogen-bond acceptors (Lipinski definition) is 5. The van der Waals surface area contributed by atoms with Crippen molar-refractivity contribution in [3.05, 3.63) is 23.9 Å². The summed E-state index contributed by atoms with van der Waals surface area (Å²) in [5.74, 6) is 1.42. The average Bonchev–Trinajstić information content (AvgIpc) is 2.74. The van der Waals surface area contributed by atoms with Gasteiger partial charge in [0.05, 0.1) is 19.8 Å². The maximum Gasteiger partial charge on any atom is 0.409 e. The van der Waals surface area contributed by atoms with E-state index >= 15 is 0 Å². The van der Waals surface area contributed by atoms with E-state index in [2.05, 4.69) is 22.5 Å². The molecule has 1 amide bonds. The zero-order chi connectivity index (χ0) is 20.9. The topological polar surface area (TPSA) is 88.1 Å². The van der Waals surface area contributed by atoms with Crippen molar-refractivity contribution in [1.82, 2.24) is 20.5 Å². The van der Waals surface area contributed by atoms with E-state index in [1.165, 1.54) is 0 Å². The van der Waals surface area contributed by atoms with Crippen molar-refractivity contribution in [2.75, 3.05) is 32.8 Å². The molecule has 0 unspecified atom stereocenters. The fourth-order valence-electron chi connectivity index (χ4n) is 3.09. The van der Waals surface area contributed by atoms with Crippen LogP contribution in [-0.4, -0.2) is 60.8 Å². The fourth-order valence-corrected chi connectivity index (χ4v) is 3.09. The summed E-state index contributed by atoms with van der Waals surface area (Å²) in [7, 11) is 0. The second-order valence-electron chi connectivity index (χ2n) is 6.97. The SMILES string of the molecule is CCCCOc1ncccc1CN=C(NCC)NC1CCN(C(=O)OCC)CC1. The molecule has 1 aliphatic rings. The largest absolute Gasteiger partial charge is 0.477 e. The van der Waals surface area contributed by atoms with Gasteiger partial charge in [-0.3, -0.25) is 0 Å². The third-order valence-corrected chi connectivity index (χ3v) is 4.70. The van der Waals surface area contributed by atoms with E-state index in [1.54, 1.807) is 11.1 Å². The van der Waals surface area contributed by atoms with Crippen LogP contribution in [0.4, 0.5) is 4.79 Å². The summed E-state index contributed by atoms with van der Waals surface area (Å²) < 4.78 is 10.9. The molecule has 8 nitrogen and oxygen atoms in total. The highest BCUT2D eigenvalue weighted by Crippen LogP contribution is 2.16. The fraction of sp³-hybridized carbons (Fsp3) is 0.667. The number of nitrogens with zero attached hydrogens (tertiary/aromatic N) is 3. The van der Waals surface area contributed by atoms with Crippen molar-refractivity contribution >= 4 is 12.1 Å². The Balaban J connectivity index is 1.91. The van der Waals surface area contributed by atoms with Crippen molar-refractivity contribution in [2.45, 2.75) is 59.0 Å². The van der Waals surface area contributed by atoms with Crippen LogP contribution in [0.3, 0.4) is 0 Å². The zero-order valence-electron chi connectivity index (χ0n) is 17.9. The van der Waals surface area contributed by atoms with E-state index in [0.29, 0.717) is 38.7 Å². The Kier molecular flexibility index (Phi) is 10.1. The van der Waals surface area contributed by atoms with Crippen LogP contribution in [-0.2, 0) is 11.3 Å². The third kappa shape index (κ3) is 7.79. The first-order chi connectivity index (χ1) is 14.2. The first kappa shape index (κ1) is 22.8. The van der Waals surface area contributed by atoms with Crippen LogP contribution in [0.1, 0.15) is 52.0 Å². The van der Waals surface area contributed by atoms with Crippen LogP contribution >= 0.6 is 0 Å². The van der Waals surface area contributed by atoms with Gasteiger partial charge in [-0.2, -0.15) is 0 Å². The first-order valence-corrected chi connectivity index (χ1v) is 10.7. The Bertz CT molecular complexity index is 645. The lowest BCUT2D eigenvalue weighted by molar-refractivity contribution is 0.0963. The predicted octanol–water partition coefficient (Wildman–Crippen LogP) is 2.94. The molecule has 1 saturated heterocycles. The Morgan fingerprint density at radius 2 is 2.10 bits per heavy atom. The van der Waals surface area contributed by atoms with Crippen LogP contribution in [0, 0.1) is 0 Å². The molecular formula is C21H35N5O3. The van der Waals surface area contributed by atoms with Gasteiger partial charge in [0.2, 0.25) is 5.88 Å². The number of carbonyl (C=O) groups excluding carboxylic acids is 1. The molecule has 8 heteroatoms. The highest BCUT2D eigenvalue weighted by atomic mass is 16.6. The standard InChI is InChI=1S/C21H35N5O3/c1-4-7-15-29-19-17(9-8-12-23-19)16-24-20(22-5-2)25-18-10-13-26(14-11-18)21(27)28-6-3/h8-9,12,18H,4-7,10-11,13-16H2,1-3H3,(H2,22,24,25). The van der Waals surface area contributed by atoms with Crippen molar-refractivity contribution in [3.63, 3.8) is 0 Å². The van der Waals surface area contributed by atoms with Gasteiger partial charge in [-0.15, -0.1) is 0 Å². The number of pyridine rings is 1. The van der Waals surface area contributed by atoms with Crippen LogP contribution in [0.15, 0.2) is 23.3 Å². The van der Waals surface area contributed by atoms with Gasteiger partial charge in [-0.25, -0.2) is 14.8 Å². The number of amides is 1. The minimum atomic E-state index is -0.223. The van der Waals surface area contributed by atoms with Crippen LogP contribution in [0.2, 0.25) is 0 Å². The van der Waals surface area contributed by atoms with Crippen LogP contribution in [0.25, 0.3) is 0 Å². The van der Waals surface area contributed by atoms with Gasteiger partial charge in [0.25, 0.3) is 0 Å². The number of rotatable bonds is 9. The predicted molar refractivity (Wildman–Crippen MR) is 114 cm³/mol. The number of piperidine rings is 1. The zero-order valence-corrected chi connectivity index (χ0v) is 17.9. The lowest BCUT2D eigenvalue weighted by atomic mass is 10.1. The molecule has 2 N–H and O–H groups in total. The Morgan fingerprint density at radius 1 is 1.31 bits per heavy atom. The summed E-state index contributed by atoms with van der Waals surface area (Å²) in [6.07, 6.45) is 5.34. The van der Waals surface area contributed by atoms with E-state index < -0.39 is 0 Å². The molecule has 0 aromatic carbocycles. The van der Waals surface area contributed by atoms with E-state index in [-0.39, 0.29) is 12.1 Å². The minimum Gasteiger partial charge on any atom is -0.477 e. The number of nitrogens with one attached hydrogen (secondary N) is 2. The minimum absolute atomic E-state index is 0.223. The molecule has 1 aliphatic heterocycles. The van der Waals surface area contributed by atoms with Crippen LogP contribution in [0.5, 0.6) is 5.88 Å². The quantitative estimate of drug-likeness (QED) is 0.373. The third-order valence-electron chi connectivity index (χ3n) is 4.70. The second kappa shape index (κ2) is 12.9. The summed E-state index contributed by atoms with van der Waals surface area (Å²) in [5.41, 5.74) is 0.970. The number of guanidine groups is 1. The molecule has 0 spiro atoms. The summed E-state index contributed by atoms with van der Waals surface area (Å²) in [5, 5.41) is 6.79. The molecule has 0 aliphatic carbocycles. The molecule has 1 aromatic rings. The molecule has 1 aromatic heterocycles. The molecule has 1 fully saturated rings. The Labute approximate surface area is 174 Å². The number of aliphatic imine (C=N–C) groups is 1. The van der Waals surface area contributed by atoms with Crippen molar-refractivity contribution < 1.29 is 14.3 Å². The van der Waals surface area contributed by atoms with E-state index in [4.69, 9.17) is 14.5 Å². The smallest absolute Gasteiger partial charge is 0.409 e. The van der Waals surface area contributed by atoms with E-state index in [1.807, 2.05) is 26.0 Å². The van der Waals surface area contributed by atoms with Gasteiger partial charge in [0.15, 0.2) is 5.96 Å². The molecule has 0 radical (unpaired) electrons. The number of ether oxygens (including phenoxy) is 2. The molecule has 29 heavy (non-hydrogen) atoms. The second-order valence-corrected chi connectivity index (χ2v) is 6.97. The molecular weight excluding hydrogens is 370 g/mol. The summed E-state index contributed by atoms with van der Waals surface area (Å²) in [6, 6.07) is 4.18. The average molecular weight is 406 g/mol. The molecule has 2 heterocycles. The van der Waals surface area contributed by atoms with Crippen molar-refractivity contribution in [3.8, 4) is 5.88 Å². The van der Waals surface area contributed by atoms with E-state index in [0.717, 1.165) is 43.8 Å². The monoisotopic (exact) mass is 405 g/mol. The number of unbranched alkanes of at least 4 members (excludes halogenated alkanes) is 1. The molecule has 2 rings (SSSR count). The van der Waals surface area contributed by atoms with Gasteiger partial charge in [-0.05, 0) is 39.2 Å². The molecule has 0 saturated carbocycles. The van der Waals surface area contributed by atoms with Gasteiger partial charge in [0, 0.05) is 37.4 Å². The molecule has 162 valence electrons.